The minimum atomic E-state index is -6.03. The predicted octanol–water partition coefficient (Wildman–Crippen LogP) is 2.74. The van der Waals surface area contributed by atoms with E-state index in [0.717, 1.165) is 6.33 Å². The largest absolute Gasteiger partial charge is 0.392 e. The topological polar surface area (TPSA) is 136 Å². The van der Waals surface area contributed by atoms with E-state index in [1.54, 1.807) is 0 Å². The minimum absolute atomic E-state index is 0.00298. The summed E-state index contributed by atoms with van der Waals surface area (Å²) in [6, 6.07) is 0. The van der Waals surface area contributed by atoms with Crippen molar-refractivity contribution < 1.29 is 45.4 Å². The van der Waals surface area contributed by atoms with Crippen molar-refractivity contribution in [3.05, 3.63) is 12.7 Å². The maximum Gasteiger partial charge on any atom is 0.392 e. The Morgan fingerprint density at radius 2 is 1.67 bits per heavy atom. The van der Waals surface area contributed by atoms with Crippen LogP contribution >= 0.6 is 7.60 Å². The third-order valence-corrected chi connectivity index (χ3v) is 6.06. The van der Waals surface area contributed by atoms with Gasteiger partial charge in [-0.3, -0.25) is 4.57 Å². The Morgan fingerprint density at radius 3 is 2.13 bits per heavy atom. The van der Waals surface area contributed by atoms with Gasteiger partial charge in [0.2, 0.25) is 0 Å². The summed E-state index contributed by atoms with van der Waals surface area (Å²) in [6.45, 7) is -0.336. The van der Waals surface area contributed by atoms with Crippen LogP contribution in [0.25, 0.3) is 11.2 Å². The van der Waals surface area contributed by atoms with E-state index in [1.807, 2.05) is 0 Å². The van der Waals surface area contributed by atoms with Gasteiger partial charge in [-0.15, -0.1) is 0 Å². The second-order valence-electron chi connectivity index (χ2n) is 7.16. The highest BCUT2D eigenvalue weighted by molar-refractivity contribution is 7.53. The molecule has 0 saturated heterocycles. The van der Waals surface area contributed by atoms with Crippen LogP contribution in [0.1, 0.15) is 25.7 Å². The summed E-state index contributed by atoms with van der Waals surface area (Å²) < 4.78 is 96.5. The fourth-order valence-corrected chi connectivity index (χ4v) is 4.27. The van der Waals surface area contributed by atoms with Crippen LogP contribution in [0.3, 0.4) is 0 Å². The molecule has 0 spiro atoms. The van der Waals surface area contributed by atoms with Gasteiger partial charge in [0.05, 0.1) is 31.3 Å². The number of nitrogens with two attached hydrogens (primary N) is 1. The quantitative estimate of drug-likeness (QED) is 0.421. The smallest absolute Gasteiger partial charge is 0.382 e. The Hall–Kier alpha value is -1.96. The standard InChI is InChI=1S/C14H16F6N5O4P/c15-13(16,17)3-12(30(26,27)28,4-14(18,19)20)29-11(1-2-11)5-25-7-24-8-9(21)22-6-23-10(8)25/h6-7H,1-5H2,(H2,21,22,23)(H2,26,27,28). The third kappa shape index (κ3) is 4.85. The van der Waals surface area contributed by atoms with Gasteiger partial charge in [-0.25, -0.2) is 15.0 Å². The van der Waals surface area contributed by atoms with Gasteiger partial charge in [0.25, 0.3) is 0 Å². The lowest BCUT2D eigenvalue weighted by Gasteiger charge is -2.38. The Kier molecular flexibility index (Phi) is 5.33. The van der Waals surface area contributed by atoms with Crippen LogP contribution in [-0.4, -0.2) is 52.6 Å². The van der Waals surface area contributed by atoms with E-state index in [2.05, 4.69) is 15.0 Å². The van der Waals surface area contributed by atoms with Crippen molar-refractivity contribution in [3.63, 3.8) is 0 Å². The van der Waals surface area contributed by atoms with Gasteiger partial charge < -0.3 is 24.8 Å². The van der Waals surface area contributed by atoms with E-state index in [0.29, 0.717) is 0 Å². The van der Waals surface area contributed by atoms with E-state index >= 15 is 0 Å². The molecule has 0 unspecified atom stereocenters. The molecule has 0 amide bonds. The molecule has 0 radical (unpaired) electrons. The molecule has 3 rings (SSSR count). The van der Waals surface area contributed by atoms with Crippen LogP contribution in [0.4, 0.5) is 32.2 Å². The zero-order valence-corrected chi connectivity index (χ0v) is 15.9. The maximum absolute atomic E-state index is 13.0. The van der Waals surface area contributed by atoms with Crippen LogP contribution < -0.4 is 5.73 Å². The first-order chi connectivity index (χ1) is 13.6. The highest BCUT2D eigenvalue weighted by Gasteiger charge is 2.64. The van der Waals surface area contributed by atoms with Crippen LogP contribution in [0, 0.1) is 0 Å². The lowest BCUT2D eigenvalue weighted by molar-refractivity contribution is -0.225. The summed E-state index contributed by atoms with van der Waals surface area (Å²) in [5.74, 6) is 0.00298. The van der Waals surface area contributed by atoms with Gasteiger partial charge in [-0.2, -0.15) is 26.3 Å². The number of alkyl halides is 6. The van der Waals surface area contributed by atoms with Crippen molar-refractivity contribution in [2.24, 2.45) is 0 Å². The lowest BCUT2D eigenvalue weighted by atomic mass is 10.1. The monoisotopic (exact) mass is 463 g/mol. The number of ether oxygens (including phenoxy) is 1. The molecule has 4 N–H and O–H groups in total. The first-order valence-corrected chi connectivity index (χ1v) is 9.97. The van der Waals surface area contributed by atoms with Crippen LogP contribution in [-0.2, 0) is 15.8 Å². The minimum Gasteiger partial charge on any atom is -0.382 e. The summed E-state index contributed by atoms with van der Waals surface area (Å²) in [7, 11) is -6.03. The molecule has 16 heteroatoms. The van der Waals surface area contributed by atoms with Crippen molar-refractivity contribution in [3.8, 4) is 0 Å². The first kappa shape index (κ1) is 22.7. The highest BCUT2D eigenvalue weighted by Crippen LogP contribution is 2.63. The van der Waals surface area contributed by atoms with Gasteiger partial charge in [0, 0.05) is 0 Å². The fraction of sp³-hybridized carbons (Fsp3) is 0.643. The van der Waals surface area contributed by atoms with Crippen molar-refractivity contribution in [2.75, 3.05) is 5.73 Å². The molecular formula is C14H16F6N5O4P. The van der Waals surface area contributed by atoms with E-state index in [4.69, 9.17) is 10.5 Å². The number of nitrogen functional groups attached to an aromatic ring is 1. The molecule has 1 aliphatic carbocycles. The number of nitrogens with zero attached hydrogens (tertiary/aromatic N) is 4. The van der Waals surface area contributed by atoms with Crippen molar-refractivity contribution in [1.82, 2.24) is 19.5 Å². The zero-order chi connectivity index (χ0) is 22.6. The molecule has 2 aromatic rings. The van der Waals surface area contributed by atoms with E-state index in [1.165, 1.54) is 10.9 Å². The molecule has 1 fully saturated rings. The molecular weight excluding hydrogens is 447 g/mol. The van der Waals surface area contributed by atoms with Gasteiger partial charge in [-0.1, -0.05) is 0 Å². The molecule has 2 heterocycles. The Labute approximate surface area is 164 Å². The lowest BCUT2D eigenvalue weighted by Crippen LogP contribution is -2.46. The molecule has 9 nitrogen and oxygen atoms in total. The first-order valence-electron chi connectivity index (χ1n) is 8.36. The second-order valence-corrected chi connectivity index (χ2v) is 9.07. The van der Waals surface area contributed by atoms with Crippen LogP contribution in [0.15, 0.2) is 12.7 Å². The Morgan fingerprint density at radius 1 is 1.10 bits per heavy atom. The molecule has 0 bridgehead atoms. The molecule has 0 atom stereocenters. The van der Waals surface area contributed by atoms with Crippen molar-refractivity contribution in [1.29, 1.82) is 0 Å². The number of fused-ring (bicyclic) bond motifs is 1. The summed E-state index contributed by atoms with van der Waals surface area (Å²) in [5, 5.41) is -3.82. The number of hydrogen-bond acceptors (Lipinski definition) is 6. The molecule has 1 saturated carbocycles. The second kappa shape index (κ2) is 7.04. The number of halogens is 6. The van der Waals surface area contributed by atoms with Gasteiger partial charge >= 0.3 is 19.9 Å². The van der Waals surface area contributed by atoms with Crippen LogP contribution in [0.2, 0.25) is 0 Å². The average molecular weight is 463 g/mol. The molecule has 0 aliphatic heterocycles. The molecule has 0 aromatic carbocycles. The zero-order valence-electron chi connectivity index (χ0n) is 15.0. The third-order valence-electron chi connectivity index (χ3n) is 4.59. The summed E-state index contributed by atoms with van der Waals surface area (Å²) in [4.78, 5) is 30.6. The van der Waals surface area contributed by atoms with Gasteiger partial charge in [-0.05, 0) is 12.8 Å². The number of rotatable bonds is 7. The molecule has 30 heavy (non-hydrogen) atoms. The molecule has 2 aromatic heterocycles. The Bertz CT molecular complexity index is 967. The summed E-state index contributed by atoms with van der Waals surface area (Å²) >= 11 is 0. The maximum atomic E-state index is 13.0. The van der Waals surface area contributed by atoms with Crippen LogP contribution in [0.5, 0.6) is 0 Å². The van der Waals surface area contributed by atoms with Crippen molar-refractivity contribution in [2.45, 2.75) is 55.5 Å². The summed E-state index contributed by atoms with van der Waals surface area (Å²) in [5.41, 5.74) is 4.26. The number of hydrogen-bond donors (Lipinski definition) is 3. The summed E-state index contributed by atoms with van der Waals surface area (Å²) in [6.07, 6.45) is -13.4. The van der Waals surface area contributed by atoms with E-state index in [9.17, 15) is 40.7 Å². The fourth-order valence-electron chi connectivity index (χ4n) is 3.19. The average Bonchev–Trinajstić information content (AvgIpc) is 3.14. The molecule has 168 valence electrons. The normalized spacial score (nSPS) is 17.5. The van der Waals surface area contributed by atoms with E-state index in [-0.39, 0.29) is 36.4 Å². The van der Waals surface area contributed by atoms with Gasteiger partial charge in [0.1, 0.15) is 11.8 Å². The number of aromatic nitrogens is 4. The predicted molar refractivity (Wildman–Crippen MR) is 88.9 cm³/mol. The molecule has 1 aliphatic rings. The van der Waals surface area contributed by atoms with E-state index < -0.39 is 43.7 Å². The van der Waals surface area contributed by atoms with Crippen molar-refractivity contribution >= 4 is 24.6 Å². The van der Waals surface area contributed by atoms with Gasteiger partial charge in [0.15, 0.2) is 16.8 Å². The highest BCUT2D eigenvalue weighted by atomic mass is 31.2. The number of imidazole rings is 1. The number of anilines is 1. The SMILES string of the molecule is Nc1ncnc2c1ncn2CC1(OC(CC(F)(F)F)(CC(F)(F)F)P(=O)(O)O)CC1. The Balaban J connectivity index is 1.98.